The van der Waals surface area contributed by atoms with Crippen LogP contribution in [0, 0.1) is 0 Å². The number of nitrogens with zero attached hydrogens (tertiary/aromatic N) is 4. The number of nitrogens with one attached hydrogen (secondary N) is 1. The Kier molecular flexibility index (Phi) is 5.73. The maximum Gasteiger partial charge on any atom is 0.280 e. The summed E-state index contributed by atoms with van der Waals surface area (Å²) in [4.78, 5) is 22.4. The van der Waals surface area contributed by atoms with Gasteiger partial charge in [0.05, 0.1) is 29.6 Å². The van der Waals surface area contributed by atoms with E-state index < -0.39 is 18.3 Å². The maximum absolute atomic E-state index is 12.9. The monoisotopic (exact) mass is 431 g/mol. The van der Waals surface area contributed by atoms with E-state index in [2.05, 4.69) is 15.3 Å². The number of hydrogen-bond donors (Lipinski definition) is 2. The van der Waals surface area contributed by atoms with Crippen LogP contribution in [0.2, 0.25) is 0 Å². The lowest BCUT2D eigenvalue weighted by molar-refractivity contribution is -0.127. The van der Waals surface area contributed by atoms with Gasteiger partial charge in [-0.15, -0.1) is 0 Å². The molecule has 1 aliphatic rings. The summed E-state index contributed by atoms with van der Waals surface area (Å²) in [5.41, 5.74) is 1.35. The number of rotatable bonds is 7. The minimum atomic E-state index is -2.73. The number of halogens is 2. The lowest BCUT2D eigenvalue weighted by Crippen LogP contribution is -2.21. The number of likely N-dealkylation sites (tertiary alicyclic amines) is 1. The van der Waals surface area contributed by atoms with Crippen molar-refractivity contribution >= 4 is 17.2 Å². The van der Waals surface area contributed by atoms with Crippen LogP contribution in [0.5, 0.6) is 5.75 Å². The molecule has 0 radical (unpaired) electrons. The molecule has 4 rings (SSSR count). The smallest absolute Gasteiger partial charge is 0.280 e. The predicted octanol–water partition coefficient (Wildman–Crippen LogP) is 3.11. The largest absolute Gasteiger partial charge is 0.492 e. The van der Waals surface area contributed by atoms with E-state index in [9.17, 15) is 18.7 Å². The molecule has 0 bridgehead atoms. The fourth-order valence-corrected chi connectivity index (χ4v) is 3.65. The van der Waals surface area contributed by atoms with Crippen LogP contribution in [0.3, 0.4) is 0 Å². The van der Waals surface area contributed by atoms with Crippen molar-refractivity contribution in [3.63, 3.8) is 0 Å². The Hall–Kier alpha value is -3.27. The number of fused-ring (bicyclic) bond motifs is 1. The second-order valence-electron chi connectivity index (χ2n) is 7.35. The van der Waals surface area contributed by atoms with Gasteiger partial charge in [0.15, 0.2) is 6.23 Å². The number of alkyl halides is 2. The summed E-state index contributed by atoms with van der Waals surface area (Å²) in [6, 6.07) is 5.78. The van der Waals surface area contributed by atoms with Crippen molar-refractivity contribution < 1.29 is 23.4 Å². The molecule has 2 atom stereocenters. The van der Waals surface area contributed by atoms with Gasteiger partial charge >= 0.3 is 0 Å². The number of pyridine rings is 2. The molecule has 1 fully saturated rings. The van der Waals surface area contributed by atoms with Crippen LogP contribution >= 0.6 is 0 Å². The van der Waals surface area contributed by atoms with Gasteiger partial charge in [-0.3, -0.25) is 4.79 Å². The third-order valence-corrected chi connectivity index (χ3v) is 5.25. The minimum Gasteiger partial charge on any atom is -0.492 e. The molecule has 1 saturated heterocycles. The van der Waals surface area contributed by atoms with E-state index in [1.807, 2.05) is 6.92 Å². The zero-order chi connectivity index (χ0) is 22.1. The molecular weight excluding hydrogens is 408 g/mol. The zero-order valence-corrected chi connectivity index (χ0v) is 17.1. The molecule has 164 valence electrons. The fraction of sp³-hybridized carbons (Fsp3) is 0.381. The molecule has 0 aromatic carbocycles. The summed E-state index contributed by atoms with van der Waals surface area (Å²) in [5.74, 6) is 0.182. The quantitative estimate of drug-likeness (QED) is 0.559. The Morgan fingerprint density at radius 1 is 1.29 bits per heavy atom. The number of aromatic nitrogens is 3. The molecule has 3 aromatic heterocycles. The first-order chi connectivity index (χ1) is 14.9. The fourth-order valence-electron chi connectivity index (χ4n) is 3.65. The van der Waals surface area contributed by atoms with Crippen molar-refractivity contribution in [3.8, 4) is 5.75 Å². The minimum absolute atomic E-state index is 0.0344. The number of hydrogen-bond acceptors (Lipinski definition) is 6. The number of anilines is 1. The van der Waals surface area contributed by atoms with Gasteiger partial charge in [-0.1, -0.05) is 6.07 Å². The van der Waals surface area contributed by atoms with Crippen molar-refractivity contribution in [3.05, 3.63) is 53.7 Å². The number of likely N-dealkylation sites (N-methyl/N-ethyl adjacent to an activating group) is 1. The number of carbonyl (C=O) groups is 1. The first-order valence-corrected chi connectivity index (χ1v) is 9.97. The second-order valence-corrected chi connectivity index (χ2v) is 7.35. The van der Waals surface area contributed by atoms with Crippen LogP contribution in [0.4, 0.5) is 14.5 Å². The van der Waals surface area contributed by atoms with Gasteiger partial charge in [-0.25, -0.2) is 18.7 Å². The first-order valence-electron chi connectivity index (χ1n) is 9.97. The lowest BCUT2D eigenvalue weighted by atomic mass is 10.1. The number of amides is 1. The Bertz CT molecular complexity index is 1100. The summed E-state index contributed by atoms with van der Waals surface area (Å²) in [6.07, 6.45) is 0.0980. The highest BCUT2D eigenvalue weighted by atomic mass is 19.3. The molecule has 1 amide bonds. The summed E-state index contributed by atoms with van der Waals surface area (Å²) >= 11 is 0. The SMILES string of the molecule is CCOc1cc2nc(C3CCN(C)C3=O)cn2cc1NC(O)c1cccc(C(F)F)n1. The normalized spacial score (nSPS) is 17.5. The van der Waals surface area contributed by atoms with Crippen LogP contribution in [-0.4, -0.2) is 50.5 Å². The van der Waals surface area contributed by atoms with E-state index in [0.29, 0.717) is 42.4 Å². The Morgan fingerprint density at radius 3 is 2.74 bits per heavy atom. The number of imidazole rings is 1. The molecule has 31 heavy (non-hydrogen) atoms. The summed E-state index contributed by atoms with van der Waals surface area (Å²) in [6.45, 7) is 2.88. The van der Waals surface area contributed by atoms with E-state index in [1.165, 1.54) is 18.2 Å². The Morgan fingerprint density at radius 2 is 2.06 bits per heavy atom. The zero-order valence-electron chi connectivity index (χ0n) is 17.1. The highest BCUT2D eigenvalue weighted by Crippen LogP contribution is 2.32. The molecule has 2 unspecified atom stereocenters. The van der Waals surface area contributed by atoms with E-state index in [0.717, 1.165) is 0 Å². The molecule has 8 nitrogen and oxygen atoms in total. The van der Waals surface area contributed by atoms with E-state index >= 15 is 0 Å². The van der Waals surface area contributed by atoms with Crippen LogP contribution < -0.4 is 10.1 Å². The number of aliphatic hydroxyl groups excluding tert-OH is 1. The van der Waals surface area contributed by atoms with Crippen molar-refractivity contribution in [1.82, 2.24) is 19.3 Å². The Labute approximate surface area is 177 Å². The number of aliphatic hydroxyl groups is 1. The predicted molar refractivity (Wildman–Crippen MR) is 109 cm³/mol. The van der Waals surface area contributed by atoms with Gasteiger partial charge in [-0.05, 0) is 25.5 Å². The lowest BCUT2D eigenvalue weighted by Gasteiger charge is -2.17. The van der Waals surface area contributed by atoms with Crippen molar-refractivity contribution in [2.45, 2.75) is 31.9 Å². The Balaban J connectivity index is 1.65. The van der Waals surface area contributed by atoms with Gasteiger partial charge in [0.25, 0.3) is 6.43 Å². The molecule has 0 saturated carbocycles. The molecule has 3 aromatic rings. The van der Waals surface area contributed by atoms with E-state index in [4.69, 9.17) is 4.74 Å². The van der Waals surface area contributed by atoms with Crippen LogP contribution in [-0.2, 0) is 4.79 Å². The van der Waals surface area contributed by atoms with E-state index in [1.54, 1.807) is 34.8 Å². The molecule has 10 heteroatoms. The average Bonchev–Trinajstić information content (AvgIpc) is 3.31. The van der Waals surface area contributed by atoms with Gasteiger partial charge < -0.3 is 24.5 Å². The topological polar surface area (TPSA) is 92.0 Å². The van der Waals surface area contributed by atoms with E-state index in [-0.39, 0.29) is 17.5 Å². The molecule has 0 aliphatic carbocycles. The number of ether oxygens (including phenoxy) is 1. The van der Waals surface area contributed by atoms with Gasteiger partial charge in [0, 0.05) is 32.1 Å². The van der Waals surface area contributed by atoms with Crippen LogP contribution in [0.25, 0.3) is 5.65 Å². The molecule has 2 N–H and O–H groups in total. The maximum atomic E-state index is 12.9. The molecule has 4 heterocycles. The van der Waals surface area contributed by atoms with Crippen LogP contribution in [0.15, 0.2) is 36.7 Å². The molecule has 1 aliphatic heterocycles. The molecular formula is C21H23F2N5O3. The third-order valence-electron chi connectivity index (χ3n) is 5.25. The molecule has 0 spiro atoms. The van der Waals surface area contributed by atoms with Gasteiger partial charge in [0.1, 0.15) is 17.1 Å². The van der Waals surface area contributed by atoms with Crippen molar-refractivity contribution in [2.24, 2.45) is 0 Å². The van der Waals surface area contributed by atoms with Gasteiger partial charge in [-0.2, -0.15) is 0 Å². The first kappa shape index (κ1) is 21.0. The second kappa shape index (κ2) is 8.46. The average molecular weight is 431 g/mol. The summed E-state index contributed by atoms with van der Waals surface area (Å²) < 4.78 is 33.3. The van der Waals surface area contributed by atoms with Gasteiger partial charge in [0.2, 0.25) is 5.91 Å². The summed E-state index contributed by atoms with van der Waals surface area (Å²) in [7, 11) is 1.77. The third kappa shape index (κ3) is 4.15. The highest BCUT2D eigenvalue weighted by molar-refractivity contribution is 5.85. The van der Waals surface area contributed by atoms with Crippen LogP contribution in [0.1, 0.15) is 49.0 Å². The van der Waals surface area contributed by atoms with Crippen molar-refractivity contribution in [1.29, 1.82) is 0 Å². The number of carbonyl (C=O) groups excluding carboxylic acids is 1. The highest BCUT2D eigenvalue weighted by Gasteiger charge is 2.32. The standard InChI is InChI=1S/C21H23F2N5O3/c1-3-31-17-9-18-25-15(12-7-8-27(2)21(12)30)10-28(18)11-16(17)26-20(29)14-6-4-5-13(24-14)19(22)23/h4-6,9-12,19-20,26,29H,3,7-8H2,1-2H3. The summed E-state index contributed by atoms with van der Waals surface area (Å²) in [5, 5.41) is 13.4. The van der Waals surface area contributed by atoms with Crippen molar-refractivity contribution in [2.75, 3.05) is 25.5 Å².